The summed E-state index contributed by atoms with van der Waals surface area (Å²) in [6.07, 6.45) is 3.82. The van der Waals surface area contributed by atoms with Crippen LogP contribution in [0.4, 0.5) is 5.82 Å². The predicted octanol–water partition coefficient (Wildman–Crippen LogP) is 2.60. The fourth-order valence-electron chi connectivity index (χ4n) is 2.67. The molecular formula is C14H16BrN3O. The number of benzene rings is 1. The topological polar surface area (TPSA) is 49.2 Å². The van der Waals surface area contributed by atoms with Gasteiger partial charge in [0.1, 0.15) is 12.1 Å². The van der Waals surface area contributed by atoms with Crippen molar-refractivity contribution in [3.63, 3.8) is 0 Å². The van der Waals surface area contributed by atoms with Gasteiger partial charge in [0, 0.05) is 29.6 Å². The van der Waals surface area contributed by atoms with Crippen LogP contribution in [0.2, 0.25) is 0 Å². The molecule has 1 saturated heterocycles. The van der Waals surface area contributed by atoms with Gasteiger partial charge in [-0.2, -0.15) is 0 Å². The molecule has 5 heteroatoms. The van der Waals surface area contributed by atoms with E-state index >= 15 is 0 Å². The Labute approximate surface area is 120 Å². The van der Waals surface area contributed by atoms with Gasteiger partial charge in [-0.3, -0.25) is 0 Å². The molecule has 0 spiro atoms. The van der Waals surface area contributed by atoms with Gasteiger partial charge >= 0.3 is 0 Å². The molecule has 0 radical (unpaired) electrons. The molecule has 1 atom stereocenters. The SMILES string of the molecule is OCC1CCCN(c2ncnc3ccc(Br)cc23)C1. The smallest absolute Gasteiger partial charge is 0.139 e. The van der Waals surface area contributed by atoms with Crippen molar-refractivity contribution in [2.45, 2.75) is 12.8 Å². The standard InChI is InChI=1S/C14H16BrN3O/c15-11-3-4-13-12(6-11)14(17-9-16-13)18-5-1-2-10(7-18)8-19/h3-4,6,9-10,19H,1-2,5,7-8H2. The van der Waals surface area contributed by atoms with E-state index < -0.39 is 0 Å². The monoisotopic (exact) mass is 321 g/mol. The highest BCUT2D eigenvalue weighted by molar-refractivity contribution is 9.10. The molecule has 1 unspecified atom stereocenters. The number of aliphatic hydroxyl groups excluding tert-OH is 1. The Morgan fingerprint density at radius 2 is 2.26 bits per heavy atom. The Morgan fingerprint density at radius 3 is 3.11 bits per heavy atom. The summed E-state index contributed by atoms with van der Waals surface area (Å²) in [5.41, 5.74) is 0.958. The minimum atomic E-state index is 0.253. The Bertz CT molecular complexity index is 590. The van der Waals surface area contributed by atoms with E-state index in [0.717, 1.165) is 47.1 Å². The molecule has 1 aromatic carbocycles. The number of piperidine rings is 1. The maximum atomic E-state index is 9.35. The minimum Gasteiger partial charge on any atom is -0.396 e. The van der Waals surface area contributed by atoms with Crippen molar-refractivity contribution in [2.24, 2.45) is 5.92 Å². The summed E-state index contributed by atoms with van der Waals surface area (Å²) in [6, 6.07) is 6.05. The van der Waals surface area contributed by atoms with Gasteiger partial charge in [-0.25, -0.2) is 9.97 Å². The van der Waals surface area contributed by atoms with E-state index in [1.165, 1.54) is 0 Å². The van der Waals surface area contributed by atoms with E-state index in [1.54, 1.807) is 6.33 Å². The van der Waals surface area contributed by atoms with Gasteiger partial charge in [0.15, 0.2) is 0 Å². The first-order chi connectivity index (χ1) is 9.28. The fourth-order valence-corrected chi connectivity index (χ4v) is 3.03. The van der Waals surface area contributed by atoms with E-state index in [-0.39, 0.29) is 6.61 Å². The summed E-state index contributed by atoms with van der Waals surface area (Å²) < 4.78 is 1.03. The van der Waals surface area contributed by atoms with E-state index in [4.69, 9.17) is 0 Å². The number of aliphatic hydroxyl groups is 1. The van der Waals surface area contributed by atoms with Crippen LogP contribution in [0.1, 0.15) is 12.8 Å². The summed E-state index contributed by atoms with van der Waals surface area (Å²) in [5.74, 6) is 1.33. The minimum absolute atomic E-state index is 0.253. The van der Waals surface area contributed by atoms with Crippen LogP contribution in [-0.4, -0.2) is 34.8 Å². The molecule has 0 bridgehead atoms. The molecule has 1 aliphatic rings. The summed E-state index contributed by atoms with van der Waals surface area (Å²) in [7, 11) is 0. The molecule has 3 rings (SSSR count). The van der Waals surface area contributed by atoms with Gasteiger partial charge in [-0.05, 0) is 37.0 Å². The van der Waals surface area contributed by atoms with E-state index in [9.17, 15) is 5.11 Å². The first kappa shape index (κ1) is 12.8. The number of hydrogen-bond donors (Lipinski definition) is 1. The highest BCUT2D eigenvalue weighted by Crippen LogP contribution is 2.29. The Balaban J connectivity index is 2.02. The second kappa shape index (κ2) is 5.43. The number of nitrogens with zero attached hydrogens (tertiary/aromatic N) is 3. The summed E-state index contributed by atoms with van der Waals surface area (Å²) in [4.78, 5) is 11.0. The second-order valence-corrected chi connectivity index (χ2v) is 5.91. The van der Waals surface area contributed by atoms with Crippen molar-refractivity contribution in [2.75, 3.05) is 24.6 Å². The molecule has 2 aromatic rings. The number of halogens is 1. The molecule has 1 fully saturated rings. The summed E-state index contributed by atoms with van der Waals surface area (Å²) in [5, 5.41) is 10.4. The molecule has 0 aliphatic carbocycles. The quantitative estimate of drug-likeness (QED) is 0.923. The van der Waals surface area contributed by atoms with E-state index in [1.807, 2.05) is 12.1 Å². The maximum Gasteiger partial charge on any atom is 0.139 e. The molecule has 2 heterocycles. The molecule has 1 aromatic heterocycles. The molecule has 0 amide bonds. The third kappa shape index (κ3) is 2.58. The van der Waals surface area contributed by atoms with Gasteiger partial charge in [0.25, 0.3) is 0 Å². The van der Waals surface area contributed by atoms with E-state index in [0.29, 0.717) is 5.92 Å². The maximum absolute atomic E-state index is 9.35. The molecule has 0 saturated carbocycles. The Hall–Kier alpha value is -1.20. The molecule has 1 aliphatic heterocycles. The molecule has 19 heavy (non-hydrogen) atoms. The van der Waals surface area contributed by atoms with Crippen LogP contribution in [0, 0.1) is 5.92 Å². The van der Waals surface area contributed by atoms with Gasteiger partial charge in [0.2, 0.25) is 0 Å². The lowest BCUT2D eigenvalue weighted by atomic mass is 9.99. The number of aromatic nitrogens is 2. The zero-order chi connectivity index (χ0) is 13.2. The third-order valence-electron chi connectivity index (χ3n) is 3.65. The van der Waals surface area contributed by atoms with Crippen LogP contribution in [0.25, 0.3) is 10.9 Å². The van der Waals surface area contributed by atoms with Crippen LogP contribution in [0.15, 0.2) is 29.0 Å². The molecular weight excluding hydrogens is 306 g/mol. The third-order valence-corrected chi connectivity index (χ3v) is 4.15. The van der Waals surface area contributed by atoms with Crippen molar-refractivity contribution in [1.29, 1.82) is 0 Å². The van der Waals surface area contributed by atoms with Crippen molar-refractivity contribution in [3.8, 4) is 0 Å². The van der Waals surface area contributed by atoms with Crippen LogP contribution in [-0.2, 0) is 0 Å². The molecule has 100 valence electrons. The summed E-state index contributed by atoms with van der Waals surface area (Å²) >= 11 is 3.50. The highest BCUT2D eigenvalue weighted by atomic mass is 79.9. The van der Waals surface area contributed by atoms with Crippen LogP contribution >= 0.6 is 15.9 Å². The Morgan fingerprint density at radius 1 is 1.37 bits per heavy atom. The van der Waals surface area contributed by atoms with Crippen molar-refractivity contribution >= 4 is 32.7 Å². The average molecular weight is 322 g/mol. The van der Waals surface area contributed by atoms with Crippen molar-refractivity contribution in [1.82, 2.24) is 9.97 Å². The number of fused-ring (bicyclic) bond motifs is 1. The van der Waals surface area contributed by atoms with Gasteiger partial charge in [-0.15, -0.1) is 0 Å². The van der Waals surface area contributed by atoms with Gasteiger partial charge in [0.05, 0.1) is 5.52 Å². The highest BCUT2D eigenvalue weighted by Gasteiger charge is 2.21. The average Bonchev–Trinajstić information content (AvgIpc) is 2.46. The van der Waals surface area contributed by atoms with Crippen LogP contribution in [0.3, 0.4) is 0 Å². The van der Waals surface area contributed by atoms with Gasteiger partial charge in [-0.1, -0.05) is 15.9 Å². The zero-order valence-electron chi connectivity index (χ0n) is 10.6. The predicted molar refractivity (Wildman–Crippen MR) is 79.3 cm³/mol. The lowest BCUT2D eigenvalue weighted by Crippen LogP contribution is -2.37. The fraction of sp³-hybridized carbons (Fsp3) is 0.429. The zero-order valence-corrected chi connectivity index (χ0v) is 12.2. The van der Waals surface area contributed by atoms with E-state index in [2.05, 4.69) is 36.9 Å². The number of rotatable bonds is 2. The second-order valence-electron chi connectivity index (χ2n) is 5.00. The van der Waals surface area contributed by atoms with Crippen molar-refractivity contribution in [3.05, 3.63) is 29.0 Å². The lowest BCUT2D eigenvalue weighted by Gasteiger charge is -2.33. The van der Waals surface area contributed by atoms with Crippen molar-refractivity contribution < 1.29 is 5.11 Å². The Kier molecular flexibility index (Phi) is 3.66. The summed E-state index contributed by atoms with van der Waals surface area (Å²) in [6.45, 7) is 2.12. The largest absolute Gasteiger partial charge is 0.396 e. The van der Waals surface area contributed by atoms with Crippen LogP contribution < -0.4 is 4.90 Å². The normalized spacial score (nSPS) is 19.9. The van der Waals surface area contributed by atoms with Crippen LogP contribution in [0.5, 0.6) is 0 Å². The first-order valence-corrected chi connectivity index (χ1v) is 7.33. The van der Waals surface area contributed by atoms with Gasteiger partial charge < -0.3 is 10.0 Å². The number of hydrogen-bond acceptors (Lipinski definition) is 4. The first-order valence-electron chi connectivity index (χ1n) is 6.54. The number of anilines is 1. The molecule has 4 nitrogen and oxygen atoms in total. The molecule has 1 N–H and O–H groups in total. The lowest BCUT2D eigenvalue weighted by molar-refractivity contribution is 0.208.